The number of aromatic nitrogens is 2. The molecule has 4 aromatic rings. The molecule has 0 bridgehead atoms. The fourth-order valence-corrected chi connectivity index (χ4v) is 6.88. The predicted molar refractivity (Wildman–Crippen MR) is 143 cm³/mol. The molecule has 6 nitrogen and oxygen atoms in total. The van der Waals surface area contributed by atoms with Crippen molar-refractivity contribution in [3.63, 3.8) is 0 Å². The maximum Gasteiger partial charge on any atom is 0.269 e. The van der Waals surface area contributed by atoms with Gasteiger partial charge in [0.05, 0.1) is 10.0 Å². The Morgan fingerprint density at radius 3 is 2.38 bits per heavy atom. The molecule has 9 heteroatoms. The monoisotopic (exact) mass is 509 g/mol. The van der Waals surface area contributed by atoms with Crippen LogP contribution in [0.3, 0.4) is 0 Å². The lowest BCUT2D eigenvalue weighted by Gasteiger charge is -2.09. The third-order valence-corrected chi connectivity index (χ3v) is 8.56. The SMILES string of the molecule is CCN1C(=O)/C(=c2\s/c(=C/c3cc4oc(-c5ccccc5)cc4n3CC)c(=O)n2CC)SC1=S. The summed E-state index contributed by atoms with van der Waals surface area (Å²) >= 11 is 7.98. The number of carbonyl (C=O) groups excluding carboxylic acids is 1. The van der Waals surface area contributed by atoms with Crippen LogP contribution in [0.2, 0.25) is 0 Å². The molecule has 174 valence electrons. The highest BCUT2D eigenvalue weighted by Gasteiger charge is 2.32. The summed E-state index contributed by atoms with van der Waals surface area (Å²) in [6.45, 7) is 7.60. The molecule has 1 saturated heterocycles. The van der Waals surface area contributed by atoms with E-state index in [-0.39, 0.29) is 11.5 Å². The van der Waals surface area contributed by atoms with E-state index in [1.807, 2.05) is 62.4 Å². The van der Waals surface area contributed by atoms with E-state index in [9.17, 15) is 9.59 Å². The van der Waals surface area contributed by atoms with Crippen LogP contribution in [0.15, 0.2) is 51.7 Å². The van der Waals surface area contributed by atoms with Gasteiger partial charge in [-0.15, -0.1) is 11.3 Å². The summed E-state index contributed by atoms with van der Waals surface area (Å²) in [6.07, 6.45) is 1.89. The molecule has 34 heavy (non-hydrogen) atoms. The maximum atomic E-state index is 13.2. The first kappa shape index (κ1) is 22.9. The second-order valence-electron chi connectivity index (χ2n) is 7.75. The Bertz CT molecular complexity index is 1610. The van der Waals surface area contributed by atoms with E-state index in [1.54, 1.807) is 9.47 Å². The zero-order valence-electron chi connectivity index (χ0n) is 19.0. The van der Waals surface area contributed by atoms with Gasteiger partial charge in [-0.05, 0) is 26.8 Å². The average Bonchev–Trinajstić information content (AvgIpc) is 3.55. The lowest BCUT2D eigenvalue weighted by molar-refractivity contribution is -0.120. The number of benzene rings is 1. The van der Waals surface area contributed by atoms with E-state index in [2.05, 4.69) is 11.5 Å². The van der Waals surface area contributed by atoms with Gasteiger partial charge >= 0.3 is 0 Å². The molecule has 3 aromatic heterocycles. The van der Waals surface area contributed by atoms with Crippen LogP contribution in [0.4, 0.5) is 0 Å². The molecule has 1 aromatic carbocycles. The van der Waals surface area contributed by atoms with Gasteiger partial charge in [0.25, 0.3) is 11.5 Å². The Kier molecular flexibility index (Phi) is 6.09. The predicted octanol–water partition coefficient (Wildman–Crippen LogP) is 3.98. The van der Waals surface area contributed by atoms with Crippen molar-refractivity contribution >= 4 is 67.6 Å². The molecule has 1 amide bonds. The molecule has 0 saturated carbocycles. The summed E-state index contributed by atoms with van der Waals surface area (Å²) in [4.78, 5) is 28.2. The number of hydrogen-bond donors (Lipinski definition) is 0. The quantitative estimate of drug-likeness (QED) is 0.381. The van der Waals surface area contributed by atoms with Gasteiger partial charge in [0.1, 0.15) is 19.6 Å². The number of carbonyl (C=O) groups is 1. The maximum absolute atomic E-state index is 13.2. The Balaban J connectivity index is 1.66. The summed E-state index contributed by atoms with van der Waals surface area (Å²) in [6, 6.07) is 14.0. The summed E-state index contributed by atoms with van der Waals surface area (Å²) in [5, 5.41) is 0. The summed E-state index contributed by atoms with van der Waals surface area (Å²) in [5.74, 6) is 0.686. The van der Waals surface area contributed by atoms with Gasteiger partial charge in [-0.25, -0.2) is 0 Å². The Morgan fingerprint density at radius 2 is 1.74 bits per heavy atom. The lowest BCUT2D eigenvalue weighted by atomic mass is 10.2. The van der Waals surface area contributed by atoms with Crippen LogP contribution >= 0.6 is 35.3 Å². The average molecular weight is 510 g/mol. The van der Waals surface area contributed by atoms with Crippen molar-refractivity contribution in [2.24, 2.45) is 0 Å². The number of rotatable bonds is 5. The van der Waals surface area contributed by atoms with Crippen molar-refractivity contribution in [2.75, 3.05) is 6.54 Å². The molecule has 4 heterocycles. The number of thiocarbonyl (C=S) groups is 1. The molecule has 0 radical (unpaired) electrons. The minimum atomic E-state index is -0.129. The van der Waals surface area contributed by atoms with E-state index in [4.69, 9.17) is 16.6 Å². The molecule has 0 N–H and O–H groups in total. The first-order chi connectivity index (χ1) is 16.5. The smallest absolute Gasteiger partial charge is 0.269 e. The number of fused-ring (bicyclic) bond motifs is 1. The van der Waals surface area contributed by atoms with Crippen LogP contribution in [0.25, 0.3) is 33.4 Å². The van der Waals surface area contributed by atoms with Crippen molar-refractivity contribution in [2.45, 2.75) is 33.9 Å². The molecule has 0 atom stereocenters. The number of amides is 1. The molecule has 0 spiro atoms. The Morgan fingerprint density at radius 1 is 1.00 bits per heavy atom. The fourth-order valence-electron chi connectivity index (χ4n) is 4.19. The van der Waals surface area contributed by atoms with E-state index in [0.29, 0.717) is 31.5 Å². The Labute approximate surface area is 209 Å². The van der Waals surface area contributed by atoms with Crippen molar-refractivity contribution in [3.8, 4) is 11.3 Å². The van der Waals surface area contributed by atoms with Gasteiger partial charge in [-0.2, -0.15) is 0 Å². The second-order valence-corrected chi connectivity index (χ2v) is 10.4. The van der Waals surface area contributed by atoms with E-state index in [0.717, 1.165) is 34.7 Å². The van der Waals surface area contributed by atoms with Gasteiger partial charge in [0.2, 0.25) is 0 Å². The first-order valence-electron chi connectivity index (χ1n) is 11.1. The van der Waals surface area contributed by atoms with Crippen LogP contribution in [-0.4, -0.2) is 30.8 Å². The highest BCUT2D eigenvalue weighted by atomic mass is 32.2. The summed E-state index contributed by atoms with van der Waals surface area (Å²) < 4.78 is 11.7. The van der Waals surface area contributed by atoms with Gasteiger partial charge in [-0.3, -0.25) is 19.1 Å². The second kappa shape index (κ2) is 9.05. The standard InChI is InChI=1S/C25H23N3O3S3/c1-4-26-16(12-19-17(26)14-18(31-19)15-10-8-7-9-11-15)13-20-22(29)27(5-2)24(33-20)21-23(30)28(6-3)25(32)34-21/h7-14H,4-6H2,1-3H3/b20-13+,24-21+. The lowest BCUT2D eigenvalue weighted by Crippen LogP contribution is -2.33. The fraction of sp³-hybridized carbons (Fsp3) is 0.240. The van der Waals surface area contributed by atoms with E-state index >= 15 is 0 Å². The third kappa shape index (κ3) is 3.68. The molecule has 5 rings (SSSR count). The van der Waals surface area contributed by atoms with E-state index in [1.165, 1.54) is 23.1 Å². The summed E-state index contributed by atoms with van der Waals surface area (Å²) in [7, 11) is 0. The number of hydrogen-bond acceptors (Lipinski definition) is 6. The molecule has 1 aliphatic rings. The largest absolute Gasteiger partial charge is 0.454 e. The molecular weight excluding hydrogens is 486 g/mol. The number of nitrogens with zero attached hydrogens (tertiary/aromatic N) is 3. The van der Waals surface area contributed by atoms with Gasteiger partial charge in [-0.1, -0.05) is 54.3 Å². The topological polar surface area (TPSA) is 60.4 Å². The molecule has 0 aliphatic carbocycles. The molecule has 1 aliphatic heterocycles. The highest BCUT2D eigenvalue weighted by molar-refractivity contribution is 8.30. The zero-order valence-corrected chi connectivity index (χ0v) is 21.5. The molecule has 0 unspecified atom stereocenters. The van der Waals surface area contributed by atoms with Crippen molar-refractivity contribution < 1.29 is 9.21 Å². The van der Waals surface area contributed by atoms with Gasteiger partial charge < -0.3 is 8.98 Å². The van der Waals surface area contributed by atoms with Crippen LogP contribution in [0.5, 0.6) is 0 Å². The van der Waals surface area contributed by atoms with Crippen LogP contribution < -0.4 is 14.8 Å². The van der Waals surface area contributed by atoms with Crippen LogP contribution in [0, 0.1) is 0 Å². The van der Waals surface area contributed by atoms with E-state index < -0.39 is 0 Å². The number of aryl methyl sites for hydroxylation is 1. The number of thiazole rings is 1. The highest BCUT2D eigenvalue weighted by Crippen LogP contribution is 2.32. The van der Waals surface area contributed by atoms with Crippen molar-refractivity contribution in [1.82, 2.24) is 14.0 Å². The van der Waals surface area contributed by atoms with Crippen molar-refractivity contribution in [1.29, 1.82) is 0 Å². The van der Waals surface area contributed by atoms with Gasteiger partial charge in [0.15, 0.2) is 5.58 Å². The first-order valence-corrected chi connectivity index (χ1v) is 13.2. The zero-order chi connectivity index (χ0) is 24.0. The van der Waals surface area contributed by atoms with Crippen LogP contribution in [0.1, 0.15) is 26.5 Å². The van der Waals surface area contributed by atoms with Crippen LogP contribution in [-0.2, 0) is 17.9 Å². The Hall–Kier alpha value is -2.88. The number of thioether (sulfide) groups is 1. The normalized spacial score (nSPS) is 16.4. The third-order valence-electron chi connectivity index (χ3n) is 5.86. The number of furan rings is 1. The van der Waals surface area contributed by atoms with Crippen molar-refractivity contribution in [3.05, 3.63) is 67.7 Å². The molecule has 1 fully saturated rings. The minimum absolute atomic E-state index is 0.102. The molecular formula is C25H23N3O3S3. The summed E-state index contributed by atoms with van der Waals surface area (Å²) in [5.41, 5.74) is 3.58. The van der Waals surface area contributed by atoms with Gasteiger partial charge in [0, 0.05) is 43.0 Å². The minimum Gasteiger partial charge on any atom is -0.454 e.